The smallest absolute Gasteiger partial charge is 0.130 e. The fourth-order valence-corrected chi connectivity index (χ4v) is 1.91. The van der Waals surface area contributed by atoms with Crippen LogP contribution in [0.4, 0.5) is 11.5 Å². The van der Waals surface area contributed by atoms with Gasteiger partial charge in [0.15, 0.2) is 0 Å². The summed E-state index contributed by atoms with van der Waals surface area (Å²) in [7, 11) is 0. The van der Waals surface area contributed by atoms with Gasteiger partial charge in [0.2, 0.25) is 0 Å². The van der Waals surface area contributed by atoms with E-state index in [1.807, 2.05) is 36.4 Å². The SMILES string of the molecule is Cl.c1ccc(Nc2cccc3ccccc23)nc1. The molecule has 90 valence electrons. The predicted molar refractivity (Wildman–Crippen MR) is 78.7 cm³/mol. The largest absolute Gasteiger partial charge is 0.340 e. The maximum absolute atomic E-state index is 4.27. The molecule has 0 radical (unpaired) electrons. The maximum Gasteiger partial charge on any atom is 0.130 e. The zero-order valence-electron chi connectivity index (χ0n) is 9.71. The maximum atomic E-state index is 4.27. The number of anilines is 2. The standard InChI is InChI=1S/C15H12N2.ClH/c1-2-8-13-12(6-1)7-5-9-14(13)17-15-10-3-4-11-16-15;/h1-11H,(H,16,17);1H. The van der Waals surface area contributed by atoms with Crippen molar-refractivity contribution < 1.29 is 0 Å². The number of benzene rings is 2. The van der Waals surface area contributed by atoms with E-state index in [1.165, 1.54) is 10.8 Å². The Morgan fingerprint density at radius 3 is 2.39 bits per heavy atom. The lowest BCUT2D eigenvalue weighted by molar-refractivity contribution is 1.31. The van der Waals surface area contributed by atoms with Crippen molar-refractivity contribution in [2.75, 3.05) is 5.32 Å². The van der Waals surface area contributed by atoms with E-state index in [1.54, 1.807) is 6.20 Å². The van der Waals surface area contributed by atoms with Gasteiger partial charge in [0.1, 0.15) is 5.82 Å². The highest BCUT2D eigenvalue weighted by Gasteiger charge is 2.00. The Hall–Kier alpha value is -2.06. The van der Waals surface area contributed by atoms with E-state index in [9.17, 15) is 0 Å². The molecule has 0 amide bonds. The topological polar surface area (TPSA) is 24.9 Å². The van der Waals surface area contributed by atoms with Gasteiger partial charge >= 0.3 is 0 Å². The van der Waals surface area contributed by atoms with Crippen LogP contribution in [0.25, 0.3) is 10.8 Å². The second kappa shape index (κ2) is 5.52. The van der Waals surface area contributed by atoms with Gasteiger partial charge in [-0.15, -0.1) is 12.4 Å². The number of hydrogen-bond acceptors (Lipinski definition) is 2. The number of aromatic nitrogens is 1. The number of nitrogens with zero attached hydrogens (tertiary/aromatic N) is 1. The van der Waals surface area contributed by atoms with E-state index in [2.05, 4.69) is 34.6 Å². The van der Waals surface area contributed by atoms with Crippen LogP contribution in [0.1, 0.15) is 0 Å². The molecule has 1 heterocycles. The number of fused-ring (bicyclic) bond motifs is 1. The summed E-state index contributed by atoms with van der Waals surface area (Å²) in [4.78, 5) is 4.27. The Balaban J connectivity index is 0.00000120. The van der Waals surface area contributed by atoms with Crippen molar-refractivity contribution >= 4 is 34.7 Å². The Bertz CT molecular complexity index is 633. The number of pyridine rings is 1. The van der Waals surface area contributed by atoms with Crippen molar-refractivity contribution in [2.24, 2.45) is 0 Å². The third-order valence-corrected chi connectivity index (χ3v) is 2.72. The third-order valence-electron chi connectivity index (χ3n) is 2.72. The molecule has 0 aliphatic heterocycles. The van der Waals surface area contributed by atoms with Gasteiger partial charge in [0.25, 0.3) is 0 Å². The molecular weight excluding hydrogens is 244 g/mol. The molecule has 0 spiro atoms. The van der Waals surface area contributed by atoms with Crippen LogP contribution in [0.5, 0.6) is 0 Å². The van der Waals surface area contributed by atoms with E-state index in [0.29, 0.717) is 0 Å². The third kappa shape index (κ3) is 2.44. The molecule has 0 atom stereocenters. The van der Waals surface area contributed by atoms with Crippen LogP contribution in [0.3, 0.4) is 0 Å². The summed E-state index contributed by atoms with van der Waals surface area (Å²) < 4.78 is 0. The molecule has 3 heteroatoms. The summed E-state index contributed by atoms with van der Waals surface area (Å²) in [5.74, 6) is 0.865. The second-order valence-corrected chi connectivity index (χ2v) is 3.87. The van der Waals surface area contributed by atoms with Crippen molar-refractivity contribution in [1.29, 1.82) is 0 Å². The summed E-state index contributed by atoms with van der Waals surface area (Å²) in [6.45, 7) is 0. The summed E-state index contributed by atoms with van der Waals surface area (Å²) >= 11 is 0. The van der Waals surface area contributed by atoms with E-state index in [4.69, 9.17) is 0 Å². The second-order valence-electron chi connectivity index (χ2n) is 3.87. The summed E-state index contributed by atoms with van der Waals surface area (Å²) in [5.41, 5.74) is 1.09. The Labute approximate surface area is 112 Å². The van der Waals surface area contributed by atoms with Gasteiger partial charge in [0.05, 0.1) is 0 Å². The molecule has 2 aromatic carbocycles. The van der Waals surface area contributed by atoms with Crippen molar-refractivity contribution in [1.82, 2.24) is 4.98 Å². The lowest BCUT2D eigenvalue weighted by Gasteiger charge is -2.08. The van der Waals surface area contributed by atoms with Crippen molar-refractivity contribution in [3.63, 3.8) is 0 Å². The molecule has 3 rings (SSSR count). The fraction of sp³-hybridized carbons (Fsp3) is 0. The minimum Gasteiger partial charge on any atom is -0.340 e. The van der Waals surface area contributed by atoms with Crippen LogP contribution in [-0.4, -0.2) is 4.98 Å². The minimum absolute atomic E-state index is 0. The Morgan fingerprint density at radius 2 is 1.56 bits per heavy atom. The first-order valence-electron chi connectivity index (χ1n) is 5.59. The summed E-state index contributed by atoms with van der Waals surface area (Å²) in [6, 6.07) is 20.4. The van der Waals surface area contributed by atoms with Crippen LogP contribution in [0, 0.1) is 0 Å². The van der Waals surface area contributed by atoms with Gasteiger partial charge < -0.3 is 5.32 Å². The molecule has 0 unspecified atom stereocenters. The van der Waals surface area contributed by atoms with Crippen LogP contribution in [-0.2, 0) is 0 Å². The monoisotopic (exact) mass is 256 g/mol. The number of nitrogens with one attached hydrogen (secondary N) is 1. The summed E-state index contributed by atoms with van der Waals surface area (Å²) in [5, 5.41) is 5.77. The lowest BCUT2D eigenvalue weighted by atomic mass is 10.1. The fourth-order valence-electron chi connectivity index (χ4n) is 1.91. The normalized spacial score (nSPS) is 9.78. The van der Waals surface area contributed by atoms with Crippen LogP contribution < -0.4 is 5.32 Å². The van der Waals surface area contributed by atoms with E-state index in [0.717, 1.165) is 11.5 Å². The zero-order valence-corrected chi connectivity index (χ0v) is 10.5. The first-order valence-corrected chi connectivity index (χ1v) is 5.59. The average molecular weight is 257 g/mol. The lowest BCUT2D eigenvalue weighted by Crippen LogP contribution is -1.93. The molecule has 0 aliphatic carbocycles. The van der Waals surface area contributed by atoms with E-state index < -0.39 is 0 Å². The number of halogens is 1. The molecule has 1 N–H and O–H groups in total. The van der Waals surface area contributed by atoms with Crippen LogP contribution >= 0.6 is 12.4 Å². The molecular formula is C15H13ClN2. The first-order chi connectivity index (χ1) is 8.43. The van der Waals surface area contributed by atoms with Gasteiger partial charge in [-0.3, -0.25) is 0 Å². The zero-order chi connectivity index (χ0) is 11.5. The highest BCUT2D eigenvalue weighted by Crippen LogP contribution is 2.25. The molecule has 1 aromatic heterocycles. The molecule has 2 nitrogen and oxygen atoms in total. The Kier molecular flexibility index (Phi) is 3.80. The van der Waals surface area contributed by atoms with Crippen molar-refractivity contribution in [3.8, 4) is 0 Å². The van der Waals surface area contributed by atoms with Gasteiger partial charge in [-0.05, 0) is 23.6 Å². The Morgan fingerprint density at radius 1 is 0.778 bits per heavy atom. The van der Waals surface area contributed by atoms with Gasteiger partial charge in [-0.2, -0.15) is 0 Å². The molecule has 0 fully saturated rings. The van der Waals surface area contributed by atoms with Crippen molar-refractivity contribution in [2.45, 2.75) is 0 Å². The molecule has 0 aliphatic rings. The number of rotatable bonds is 2. The molecule has 18 heavy (non-hydrogen) atoms. The minimum atomic E-state index is 0. The highest BCUT2D eigenvalue weighted by molar-refractivity contribution is 5.95. The van der Waals surface area contributed by atoms with Gasteiger partial charge in [-0.25, -0.2) is 4.98 Å². The van der Waals surface area contributed by atoms with Gasteiger partial charge in [-0.1, -0.05) is 42.5 Å². The van der Waals surface area contributed by atoms with E-state index in [-0.39, 0.29) is 12.4 Å². The van der Waals surface area contributed by atoms with Crippen LogP contribution in [0.2, 0.25) is 0 Å². The predicted octanol–water partition coefficient (Wildman–Crippen LogP) is 4.40. The molecule has 0 saturated carbocycles. The number of hydrogen-bond donors (Lipinski definition) is 1. The first kappa shape index (κ1) is 12.4. The summed E-state index contributed by atoms with van der Waals surface area (Å²) in [6.07, 6.45) is 1.79. The quantitative estimate of drug-likeness (QED) is 0.735. The highest BCUT2D eigenvalue weighted by atomic mass is 35.5. The molecule has 0 saturated heterocycles. The van der Waals surface area contributed by atoms with Crippen molar-refractivity contribution in [3.05, 3.63) is 66.9 Å². The molecule has 3 aromatic rings. The average Bonchev–Trinajstić information content (AvgIpc) is 2.40. The van der Waals surface area contributed by atoms with Crippen LogP contribution in [0.15, 0.2) is 66.9 Å². The van der Waals surface area contributed by atoms with Gasteiger partial charge in [0, 0.05) is 17.3 Å². The van der Waals surface area contributed by atoms with E-state index >= 15 is 0 Å². The molecule has 0 bridgehead atoms.